The van der Waals surface area contributed by atoms with Crippen LogP contribution in [-0.2, 0) is 0 Å². The van der Waals surface area contributed by atoms with Gasteiger partial charge in [0.25, 0.3) is 0 Å². The molecular weight excluding hydrogens is 357 g/mol. The van der Waals surface area contributed by atoms with Crippen molar-refractivity contribution in [2.45, 2.75) is 0 Å². The maximum absolute atomic E-state index is 14.2. The topological polar surface area (TPSA) is 63.9 Å². The third-order valence-corrected chi connectivity index (χ3v) is 3.90. The summed E-state index contributed by atoms with van der Waals surface area (Å²) in [7, 11) is 0. The van der Waals surface area contributed by atoms with Gasteiger partial charge in [0.2, 0.25) is 0 Å². The molecule has 0 atom stereocenters. The summed E-state index contributed by atoms with van der Waals surface area (Å²) in [6.07, 6.45) is 3.24. The SMILES string of the molecule is NC(=S)c1cc(Oc2c(F)cc3[nH]ccc3c2Br)ccn1. The highest BCUT2D eigenvalue weighted by atomic mass is 79.9. The van der Waals surface area contributed by atoms with Crippen LogP contribution in [-0.4, -0.2) is 15.0 Å². The Bertz CT molecular complexity index is 849. The van der Waals surface area contributed by atoms with E-state index in [1.807, 2.05) is 6.07 Å². The van der Waals surface area contributed by atoms with Gasteiger partial charge in [0.15, 0.2) is 11.6 Å². The van der Waals surface area contributed by atoms with Crippen molar-refractivity contribution in [1.82, 2.24) is 9.97 Å². The number of ether oxygens (including phenoxy) is 1. The molecule has 0 radical (unpaired) electrons. The summed E-state index contributed by atoms with van der Waals surface area (Å²) in [5.41, 5.74) is 6.63. The van der Waals surface area contributed by atoms with Gasteiger partial charge in [-0.15, -0.1) is 0 Å². The quantitative estimate of drug-likeness (QED) is 0.691. The van der Waals surface area contributed by atoms with Gasteiger partial charge >= 0.3 is 0 Å². The van der Waals surface area contributed by atoms with Gasteiger partial charge in [-0.05, 0) is 28.1 Å². The van der Waals surface area contributed by atoms with Gasteiger partial charge in [0.05, 0.1) is 4.47 Å². The fourth-order valence-electron chi connectivity index (χ4n) is 1.93. The van der Waals surface area contributed by atoms with E-state index in [-0.39, 0.29) is 10.7 Å². The number of aromatic amines is 1. The zero-order chi connectivity index (χ0) is 15.0. The second-order valence-electron chi connectivity index (χ2n) is 4.28. The van der Waals surface area contributed by atoms with Gasteiger partial charge < -0.3 is 15.5 Å². The number of H-pyrrole nitrogens is 1. The Morgan fingerprint density at radius 2 is 2.19 bits per heavy atom. The molecule has 3 rings (SSSR count). The molecule has 0 aliphatic heterocycles. The van der Waals surface area contributed by atoms with E-state index >= 15 is 0 Å². The van der Waals surface area contributed by atoms with E-state index in [0.717, 1.165) is 5.39 Å². The monoisotopic (exact) mass is 365 g/mol. The van der Waals surface area contributed by atoms with E-state index in [9.17, 15) is 4.39 Å². The zero-order valence-corrected chi connectivity index (χ0v) is 13.0. The van der Waals surface area contributed by atoms with Gasteiger partial charge in [-0.3, -0.25) is 4.98 Å². The number of aromatic nitrogens is 2. The van der Waals surface area contributed by atoms with Crippen LogP contribution >= 0.6 is 28.1 Å². The van der Waals surface area contributed by atoms with Crippen molar-refractivity contribution in [3.63, 3.8) is 0 Å². The predicted molar refractivity (Wildman–Crippen MR) is 86.2 cm³/mol. The molecule has 7 heteroatoms. The van der Waals surface area contributed by atoms with E-state index < -0.39 is 5.82 Å². The van der Waals surface area contributed by atoms with Crippen LogP contribution in [0.2, 0.25) is 0 Å². The molecule has 0 saturated heterocycles. The van der Waals surface area contributed by atoms with Gasteiger partial charge in [-0.25, -0.2) is 4.39 Å². The lowest BCUT2D eigenvalue weighted by atomic mass is 10.2. The van der Waals surface area contributed by atoms with Gasteiger partial charge in [0, 0.05) is 35.4 Å². The number of nitrogens with zero attached hydrogens (tertiary/aromatic N) is 1. The number of halogens is 2. The van der Waals surface area contributed by atoms with Crippen LogP contribution in [0.5, 0.6) is 11.5 Å². The molecule has 0 saturated carbocycles. The number of nitrogens with one attached hydrogen (secondary N) is 1. The van der Waals surface area contributed by atoms with Crippen LogP contribution in [0.15, 0.2) is 41.1 Å². The Hall–Kier alpha value is -1.99. The summed E-state index contributed by atoms with van der Waals surface area (Å²) < 4.78 is 20.3. The van der Waals surface area contributed by atoms with Crippen molar-refractivity contribution in [2.75, 3.05) is 0 Å². The molecule has 0 spiro atoms. The largest absolute Gasteiger partial charge is 0.453 e. The Morgan fingerprint density at radius 1 is 1.38 bits per heavy atom. The van der Waals surface area contributed by atoms with Crippen molar-refractivity contribution in [3.8, 4) is 11.5 Å². The van der Waals surface area contributed by atoms with E-state index in [1.165, 1.54) is 12.3 Å². The van der Waals surface area contributed by atoms with Crippen LogP contribution in [0.1, 0.15) is 5.69 Å². The maximum Gasteiger partial charge on any atom is 0.177 e. The molecule has 4 nitrogen and oxygen atoms in total. The van der Waals surface area contributed by atoms with E-state index in [2.05, 4.69) is 25.9 Å². The number of hydrogen-bond donors (Lipinski definition) is 2. The summed E-state index contributed by atoms with van der Waals surface area (Å²) in [5, 5.41) is 0.829. The van der Waals surface area contributed by atoms with Crippen molar-refractivity contribution in [2.24, 2.45) is 5.73 Å². The van der Waals surface area contributed by atoms with Gasteiger partial charge in [-0.2, -0.15) is 0 Å². The number of hydrogen-bond acceptors (Lipinski definition) is 3. The molecule has 0 fully saturated rings. The first-order valence-corrected chi connectivity index (χ1v) is 7.15. The lowest BCUT2D eigenvalue weighted by molar-refractivity contribution is 0.440. The van der Waals surface area contributed by atoms with Gasteiger partial charge in [0.1, 0.15) is 16.4 Å². The van der Waals surface area contributed by atoms with Crippen molar-refractivity contribution in [1.29, 1.82) is 0 Å². The first-order valence-electron chi connectivity index (χ1n) is 5.95. The van der Waals surface area contributed by atoms with Crippen molar-refractivity contribution >= 4 is 44.0 Å². The zero-order valence-electron chi connectivity index (χ0n) is 10.6. The second-order valence-corrected chi connectivity index (χ2v) is 5.52. The van der Waals surface area contributed by atoms with Crippen LogP contribution in [0.3, 0.4) is 0 Å². The number of fused-ring (bicyclic) bond motifs is 1. The summed E-state index contributed by atoms with van der Waals surface area (Å²) >= 11 is 8.23. The molecule has 1 aromatic carbocycles. The van der Waals surface area contributed by atoms with Gasteiger partial charge in [-0.1, -0.05) is 12.2 Å². The summed E-state index contributed by atoms with van der Waals surface area (Å²) in [5.74, 6) is 0.0231. The molecule has 106 valence electrons. The Labute approximate surface area is 133 Å². The second kappa shape index (κ2) is 5.42. The lowest BCUT2D eigenvalue weighted by Crippen LogP contribution is -2.11. The number of thiocarbonyl (C=S) groups is 1. The third-order valence-electron chi connectivity index (χ3n) is 2.91. The molecule has 0 unspecified atom stereocenters. The minimum Gasteiger partial charge on any atom is -0.453 e. The van der Waals surface area contributed by atoms with Crippen molar-refractivity contribution < 1.29 is 9.13 Å². The molecule has 2 heterocycles. The molecule has 21 heavy (non-hydrogen) atoms. The van der Waals surface area contributed by atoms with Crippen LogP contribution in [0, 0.1) is 5.82 Å². The van der Waals surface area contributed by atoms with Crippen molar-refractivity contribution in [3.05, 3.63) is 52.6 Å². The fraction of sp³-hybridized carbons (Fsp3) is 0. The molecule has 0 amide bonds. The standard InChI is InChI=1S/C14H9BrFN3OS/c15-12-8-2-4-18-10(8)6-9(16)13(12)20-7-1-3-19-11(5-7)14(17)21/h1-6,18H,(H2,17,21). The predicted octanol–water partition coefficient (Wildman–Crippen LogP) is 3.89. The normalized spacial score (nSPS) is 10.8. The first-order chi connectivity index (χ1) is 10.1. The highest BCUT2D eigenvalue weighted by molar-refractivity contribution is 9.10. The number of benzene rings is 1. The van der Waals surface area contributed by atoms with E-state index in [0.29, 0.717) is 21.4 Å². The molecular formula is C14H9BrFN3OS. The van der Waals surface area contributed by atoms with Crippen LogP contribution < -0.4 is 10.5 Å². The minimum absolute atomic E-state index is 0.0992. The molecule has 0 aliphatic rings. The first kappa shape index (κ1) is 14.0. The summed E-state index contributed by atoms with van der Waals surface area (Å²) in [6.45, 7) is 0. The molecule has 0 bridgehead atoms. The summed E-state index contributed by atoms with van der Waals surface area (Å²) in [4.78, 5) is 7.11. The third kappa shape index (κ3) is 2.62. The number of rotatable bonds is 3. The van der Waals surface area contributed by atoms with E-state index in [1.54, 1.807) is 18.3 Å². The minimum atomic E-state index is -0.481. The van der Waals surface area contributed by atoms with Crippen LogP contribution in [0.4, 0.5) is 4.39 Å². The Morgan fingerprint density at radius 3 is 2.95 bits per heavy atom. The van der Waals surface area contributed by atoms with E-state index in [4.69, 9.17) is 22.7 Å². The lowest BCUT2D eigenvalue weighted by Gasteiger charge is -2.10. The molecule has 3 aromatic rings. The average molecular weight is 366 g/mol. The van der Waals surface area contributed by atoms with Crippen LogP contribution in [0.25, 0.3) is 10.9 Å². The molecule has 0 aliphatic carbocycles. The Balaban J connectivity index is 2.05. The molecule has 3 N–H and O–H groups in total. The average Bonchev–Trinajstić information content (AvgIpc) is 2.92. The highest BCUT2D eigenvalue weighted by Crippen LogP contribution is 2.38. The Kier molecular flexibility index (Phi) is 3.60. The number of pyridine rings is 1. The highest BCUT2D eigenvalue weighted by Gasteiger charge is 2.15. The smallest absolute Gasteiger partial charge is 0.177 e. The molecule has 2 aromatic heterocycles. The maximum atomic E-state index is 14.2. The fourth-order valence-corrected chi connectivity index (χ4v) is 2.66. The summed E-state index contributed by atoms with van der Waals surface area (Å²) in [6, 6.07) is 6.38. The number of nitrogens with two attached hydrogens (primary N) is 1.